The highest BCUT2D eigenvalue weighted by Crippen LogP contribution is 2.39. The van der Waals surface area contributed by atoms with E-state index in [2.05, 4.69) is 5.32 Å². The Balaban J connectivity index is 1.69. The Bertz CT molecular complexity index is 725. The fraction of sp³-hybridized carbons (Fsp3) is 0.350. The predicted octanol–water partition coefficient (Wildman–Crippen LogP) is 3.79. The van der Waals surface area contributed by atoms with Crippen LogP contribution in [0.2, 0.25) is 0 Å². The summed E-state index contributed by atoms with van der Waals surface area (Å²) in [6.07, 6.45) is 0.722. The average Bonchev–Trinajstić information content (AvgIpc) is 2.52. The number of amides is 1. The van der Waals surface area contributed by atoms with E-state index in [1.165, 1.54) is 0 Å². The van der Waals surface area contributed by atoms with Gasteiger partial charge in [-0.15, -0.1) is 0 Å². The van der Waals surface area contributed by atoms with Crippen molar-refractivity contribution in [3.63, 3.8) is 0 Å². The predicted molar refractivity (Wildman–Crippen MR) is 93.3 cm³/mol. The number of nitrogens with one attached hydrogen (secondary N) is 1. The third-order valence-electron chi connectivity index (χ3n) is 4.07. The molecular formula is C20H23NO3. The van der Waals surface area contributed by atoms with Crippen molar-refractivity contribution in [3.8, 4) is 11.5 Å². The topological polar surface area (TPSA) is 47.6 Å². The van der Waals surface area contributed by atoms with Crippen LogP contribution in [0.1, 0.15) is 37.4 Å². The molecule has 0 aliphatic carbocycles. The Morgan fingerprint density at radius 3 is 2.75 bits per heavy atom. The Kier molecular flexibility index (Phi) is 4.47. The molecule has 0 radical (unpaired) electrons. The lowest BCUT2D eigenvalue weighted by Gasteiger charge is -2.38. The standard InChI is InChI=1S/C20H23NO3/c1-14-9-10-16-17(12-20(2,3)24-18(16)11-14)21-19(22)13-23-15-7-5-4-6-8-15/h4-11,17H,12-13H2,1-3H3,(H,21,22)/t17-/m1/s1. The molecule has 24 heavy (non-hydrogen) atoms. The summed E-state index contributed by atoms with van der Waals surface area (Å²) >= 11 is 0. The van der Waals surface area contributed by atoms with E-state index in [4.69, 9.17) is 9.47 Å². The van der Waals surface area contributed by atoms with Gasteiger partial charge in [0.1, 0.15) is 17.1 Å². The largest absolute Gasteiger partial charge is 0.487 e. The molecule has 1 N–H and O–H groups in total. The summed E-state index contributed by atoms with van der Waals surface area (Å²) in [5.41, 5.74) is 1.84. The minimum absolute atomic E-state index is 0.00297. The van der Waals surface area contributed by atoms with E-state index in [0.29, 0.717) is 5.75 Å². The van der Waals surface area contributed by atoms with Gasteiger partial charge in [0.15, 0.2) is 6.61 Å². The van der Waals surface area contributed by atoms with E-state index >= 15 is 0 Å². The Hall–Kier alpha value is -2.49. The van der Waals surface area contributed by atoms with Crippen LogP contribution in [0.4, 0.5) is 0 Å². The minimum Gasteiger partial charge on any atom is -0.487 e. The van der Waals surface area contributed by atoms with Crippen LogP contribution in [0.25, 0.3) is 0 Å². The van der Waals surface area contributed by atoms with Crippen molar-refractivity contribution in [2.45, 2.75) is 38.8 Å². The summed E-state index contributed by atoms with van der Waals surface area (Å²) in [4.78, 5) is 12.3. The summed E-state index contributed by atoms with van der Waals surface area (Å²) in [5.74, 6) is 1.41. The molecule has 0 fully saturated rings. The monoisotopic (exact) mass is 325 g/mol. The van der Waals surface area contributed by atoms with Crippen molar-refractivity contribution in [3.05, 3.63) is 59.7 Å². The van der Waals surface area contributed by atoms with Crippen LogP contribution in [0, 0.1) is 6.92 Å². The molecule has 4 nitrogen and oxygen atoms in total. The zero-order valence-corrected chi connectivity index (χ0v) is 14.3. The van der Waals surface area contributed by atoms with E-state index in [-0.39, 0.29) is 24.2 Å². The zero-order valence-electron chi connectivity index (χ0n) is 14.3. The first-order valence-electron chi connectivity index (χ1n) is 8.20. The number of fused-ring (bicyclic) bond motifs is 1. The highest BCUT2D eigenvalue weighted by molar-refractivity contribution is 5.78. The summed E-state index contributed by atoms with van der Waals surface area (Å²) < 4.78 is 11.6. The third-order valence-corrected chi connectivity index (χ3v) is 4.07. The van der Waals surface area contributed by atoms with Crippen molar-refractivity contribution >= 4 is 5.91 Å². The molecule has 1 heterocycles. The maximum absolute atomic E-state index is 12.3. The number of ether oxygens (including phenoxy) is 2. The van der Waals surface area contributed by atoms with Crippen LogP contribution >= 0.6 is 0 Å². The molecule has 1 aliphatic rings. The van der Waals surface area contributed by atoms with Crippen LogP contribution in [-0.2, 0) is 4.79 Å². The molecule has 1 atom stereocenters. The van der Waals surface area contributed by atoms with Crippen molar-refractivity contribution < 1.29 is 14.3 Å². The number of carbonyl (C=O) groups is 1. The van der Waals surface area contributed by atoms with Gasteiger partial charge in [-0.05, 0) is 44.5 Å². The Labute approximate surface area is 142 Å². The number of hydrogen-bond donors (Lipinski definition) is 1. The second kappa shape index (κ2) is 6.56. The molecule has 0 aromatic heterocycles. The lowest BCUT2D eigenvalue weighted by Crippen LogP contribution is -2.42. The van der Waals surface area contributed by atoms with Gasteiger partial charge in [0.2, 0.25) is 0 Å². The van der Waals surface area contributed by atoms with Crippen molar-refractivity contribution in [1.29, 1.82) is 0 Å². The fourth-order valence-corrected chi connectivity index (χ4v) is 2.99. The summed E-state index contributed by atoms with van der Waals surface area (Å²) in [6, 6.07) is 15.4. The molecule has 2 aromatic carbocycles. The van der Waals surface area contributed by atoms with Crippen LogP contribution in [0.5, 0.6) is 11.5 Å². The number of aryl methyl sites for hydroxylation is 1. The van der Waals surface area contributed by atoms with Crippen molar-refractivity contribution in [2.24, 2.45) is 0 Å². The van der Waals surface area contributed by atoms with Gasteiger partial charge in [-0.2, -0.15) is 0 Å². The molecule has 0 spiro atoms. The van der Waals surface area contributed by atoms with Crippen LogP contribution < -0.4 is 14.8 Å². The second-order valence-corrected chi connectivity index (χ2v) is 6.83. The van der Waals surface area contributed by atoms with Crippen molar-refractivity contribution in [2.75, 3.05) is 6.61 Å². The molecule has 1 amide bonds. The van der Waals surface area contributed by atoms with Gasteiger partial charge in [0, 0.05) is 12.0 Å². The Morgan fingerprint density at radius 2 is 2.00 bits per heavy atom. The van der Waals surface area contributed by atoms with Gasteiger partial charge in [-0.25, -0.2) is 0 Å². The van der Waals surface area contributed by atoms with Crippen LogP contribution in [-0.4, -0.2) is 18.1 Å². The minimum atomic E-state index is -0.320. The van der Waals surface area contributed by atoms with E-state index in [0.717, 1.165) is 23.3 Å². The molecule has 0 saturated carbocycles. The third kappa shape index (κ3) is 3.88. The first-order valence-corrected chi connectivity index (χ1v) is 8.20. The lowest BCUT2D eigenvalue weighted by molar-refractivity contribution is -0.124. The number of para-hydroxylation sites is 1. The molecule has 0 unspecified atom stereocenters. The smallest absolute Gasteiger partial charge is 0.258 e. The lowest BCUT2D eigenvalue weighted by atomic mass is 9.89. The fourth-order valence-electron chi connectivity index (χ4n) is 2.99. The molecular weight excluding hydrogens is 302 g/mol. The maximum Gasteiger partial charge on any atom is 0.258 e. The quantitative estimate of drug-likeness (QED) is 0.930. The van der Waals surface area contributed by atoms with Gasteiger partial charge >= 0.3 is 0 Å². The van der Waals surface area contributed by atoms with E-state index in [1.807, 2.05) is 69.3 Å². The Morgan fingerprint density at radius 1 is 1.25 bits per heavy atom. The number of rotatable bonds is 4. The van der Waals surface area contributed by atoms with Gasteiger partial charge < -0.3 is 14.8 Å². The van der Waals surface area contributed by atoms with E-state index in [1.54, 1.807) is 0 Å². The van der Waals surface area contributed by atoms with Gasteiger partial charge in [0.25, 0.3) is 5.91 Å². The van der Waals surface area contributed by atoms with Gasteiger partial charge in [-0.3, -0.25) is 4.79 Å². The number of benzene rings is 2. The molecule has 2 aromatic rings. The SMILES string of the molecule is Cc1ccc2c(c1)OC(C)(C)C[C@H]2NC(=O)COc1ccccc1. The highest BCUT2D eigenvalue weighted by Gasteiger charge is 2.34. The normalized spacial score (nSPS) is 18.2. The van der Waals surface area contributed by atoms with E-state index in [9.17, 15) is 4.79 Å². The van der Waals surface area contributed by atoms with E-state index < -0.39 is 0 Å². The maximum atomic E-state index is 12.3. The zero-order chi connectivity index (χ0) is 17.2. The molecule has 0 saturated heterocycles. The highest BCUT2D eigenvalue weighted by atomic mass is 16.5. The van der Waals surface area contributed by atoms with Crippen molar-refractivity contribution in [1.82, 2.24) is 5.32 Å². The molecule has 126 valence electrons. The average molecular weight is 325 g/mol. The summed E-state index contributed by atoms with van der Waals surface area (Å²) in [6.45, 7) is 6.12. The number of carbonyl (C=O) groups excluding carboxylic acids is 1. The van der Waals surface area contributed by atoms with Gasteiger partial charge in [0.05, 0.1) is 6.04 Å². The molecule has 4 heteroatoms. The summed E-state index contributed by atoms with van der Waals surface area (Å²) in [7, 11) is 0. The molecule has 3 rings (SSSR count). The first kappa shape index (κ1) is 16.4. The van der Waals surface area contributed by atoms with Crippen LogP contribution in [0.15, 0.2) is 48.5 Å². The molecule has 1 aliphatic heterocycles. The summed E-state index contributed by atoms with van der Waals surface area (Å²) in [5, 5.41) is 3.08. The first-order chi connectivity index (χ1) is 11.4. The number of hydrogen-bond acceptors (Lipinski definition) is 3. The molecule has 0 bridgehead atoms. The van der Waals surface area contributed by atoms with Crippen LogP contribution in [0.3, 0.4) is 0 Å². The second-order valence-electron chi connectivity index (χ2n) is 6.83. The van der Waals surface area contributed by atoms with Gasteiger partial charge in [-0.1, -0.05) is 30.3 Å².